The summed E-state index contributed by atoms with van der Waals surface area (Å²) in [6.45, 7) is 8.85. The molecule has 0 radical (unpaired) electrons. The van der Waals surface area contributed by atoms with Crippen LogP contribution in [0.4, 0.5) is 0 Å². The van der Waals surface area contributed by atoms with Gasteiger partial charge in [-0.15, -0.1) is 0 Å². The van der Waals surface area contributed by atoms with Crippen LogP contribution in [0, 0.1) is 11.8 Å². The lowest BCUT2D eigenvalue weighted by Gasteiger charge is -2.28. The second-order valence-corrected chi connectivity index (χ2v) is 17.1. The molecule has 0 heterocycles. The molecular weight excluding hydrogens is 869 g/mol. The molecule has 0 aliphatic rings. The van der Waals surface area contributed by atoms with E-state index in [4.69, 9.17) is 34.4 Å². The molecule has 0 aliphatic heterocycles. The van der Waals surface area contributed by atoms with Crippen LogP contribution in [-0.2, 0) is 49.6 Å². The van der Waals surface area contributed by atoms with E-state index in [1.807, 2.05) is 27.7 Å². The first kappa shape index (κ1) is 59.3. The minimum absolute atomic E-state index is 0.0120. The van der Waals surface area contributed by atoms with Crippen LogP contribution >= 0.6 is 0 Å². The first-order valence-corrected chi connectivity index (χ1v) is 23.0. The molecule has 23 heteroatoms. The molecule has 0 unspecified atom stereocenters. The third-order valence-electron chi connectivity index (χ3n) is 10.4. The molecule has 378 valence electrons. The minimum atomic E-state index is -1.31. The van der Waals surface area contributed by atoms with Crippen molar-refractivity contribution < 1.29 is 43.2 Å². The van der Waals surface area contributed by atoms with Gasteiger partial charge < -0.3 is 76.9 Å². The molecule has 1 aromatic rings. The average molecular weight is 947 g/mol. The molecule has 1 rings (SSSR count). The molecule has 23 nitrogen and oxygen atoms in total. The van der Waals surface area contributed by atoms with Gasteiger partial charge in [-0.2, -0.15) is 0 Å². The van der Waals surface area contributed by atoms with Crippen molar-refractivity contribution in [3.05, 3.63) is 35.9 Å². The van der Waals surface area contributed by atoms with Crippen molar-refractivity contribution in [2.45, 2.75) is 141 Å². The highest BCUT2D eigenvalue weighted by Gasteiger charge is 2.34. The standard InChI is InChI=1S/C44H78N14O9/c1-6-36(59)51-28(12-17-45)38(61)52-29(13-18-46)39(62)54-32(16-21-49)42(65)57-34(23-26(4)5)43(66)58-35(24-27-10-8-7-9-11-27)44(67)55-30(14-19-47)40(63)53-31(15-20-48)41(64)56-33(37(50)60)22-25(2)3/h7-11,25-26,28-35H,6,12-24,45-49H2,1-5H3,(H2,50,60)(H,51,59)(H,52,61)(H,53,63)(H,54,62)(H,55,67)(H,56,64)(H,57,65)(H,58,66)/t28-,29+,30+,31+,32+,33+,34+,35-/m1/s1. The summed E-state index contributed by atoms with van der Waals surface area (Å²) in [7, 11) is 0. The van der Waals surface area contributed by atoms with Crippen molar-refractivity contribution in [1.29, 1.82) is 0 Å². The molecule has 67 heavy (non-hydrogen) atoms. The molecule has 0 bridgehead atoms. The lowest BCUT2D eigenvalue weighted by atomic mass is 10.00. The first-order chi connectivity index (χ1) is 31.7. The fourth-order valence-electron chi connectivity index (χ4n) is 6.86. The number of hydrogen-bond donors (Lipinski definition) is 14. The third-order valence-corrected chi connectivity index (χ3v) is 10.4. The maximum absolute atomic E-state index is 14.2. The van der Waals surface area contributed by atoms with E-state index in [0.717, 1.165) is 0 Å². The van der Waals surface area contributed by atoms with E-state index >= 15 is 0 Å². The van der Waals surface area contributed by atoms with Crippen molar-refractivity contribution in [1.82, 2.24) is 42.5 Å². The van der Waals surface area contributed by atoms with Gasteiger partial charge in [-0.3, -0.25) is 43.2 Å². The highest BCUT2D eigenvalue weighted by molar-refractivity contribution is 5.98. The Morgan fingerprint density at radius 2 is 0.701 bits per heavy atom. The van der Waals surface area contributed by atoms with Crippen LogP contribution in [0.5, 0.6) is 0 Å². The Balaban J connectivity index is 3.41. The maximum Gasteiger partial charge on any atom is 0.243 e. The van der Waals surface area contributed by atoms with E-state index in [1.54, 1.807) is 37.3 Å². The summed E-state index contributed by atoms with van der Waals surface area (Å²) in [6.07, 6.45) is 0.332. The van der Waals surface area contributed by atoms with Crippen LogP contribution in [0.25, 0.3) is 0 Å². The summed E-state index contributed by atoms with van der Waals surface area (Å²) in [5.41, 5.74) is 35.0. The number of benzene rings is 1. The predicted octanol–water partition coefficient (Wildman–Crippen LogP) is -4.16. The number of carbonyl (C=O) groups excluding carboxylic acids is 9. The van der Waals surface area contributed by atoms with Crippen molar-refractivity contribution in [3.8, 4) is 0 Å². The quantitative estimate of drug-likeness (QED) is 0.0318. The lowest BCUT2D eigenvalue weighted by molar-refractivity contribution is -0.136. The van der Waals surface area contributed by atoms with Gasteiger partial charge in [0, 0.05) is 12.8 Å². The fraction of sp³-hybridized carbons (Fsp3) is 0.659. The molecule has 8 atom stereocenters. The molecule has 0 aromatic heterocycles. The van der Waals surface area contributed by atoms with Gasteiger partial charge >= 0.3 is 0 Å². The SMILES string of the molecule is CCC(=O)N[C@H](CCN)C(=O)N[C@@H](CCN)C(=O)N[C@@H](CCN)C(=O)N[C@@H](CC(C)C)C(=O)N[C@H](Cc1ccccc1)C(=O)N[C@@H](CCN)C(=O)N[C@@H](CCN)C(=O)N[C@@H](CC(C)C)C(N)=O. The van der Waals surface area contributed by atoms with Crippen molar-refractivity contribution in [3.63, 3.8) is 0 Å². The van der Waals surface area contributed by atoms with Crippen molar-refractivity contribution >= 4 is 53.2 Å². The van der Waals surface area contributed by atoms with Crippen molar-refractivity contribution in [2.24, 2.45) is 46.2 Å². The zero-order valence-electron chi connectivity index (χ0n) is 39.7. The largest absolute Gasteiger partial charge is 0.368 e. The summed E-state index contributed by atoms with van der Waals surface area (Å²) in [5, 5.41) is 21.0. The maximum atomic E-state index is 14.2. The molecular formula is C44H78N14O9. The Bertz CT molecular complexity index is 1750. The van der Waals surface area contributed by atoms with E-state index in [-0.39, 0.29) is 102 Å². The van der Waals surface area contributed by atoms with Gasteiger partial charge in [0.1, 0.15) is 48.3 Å². The molecule has 0 fully saturated rings. The average Bonchev–Trinajstić information content (AvgIpc) is 3.27. The Morgan fingerprint density at radius 1 is 0.418 bits per heavy atom. The molecule has 0 saturated heterocycles. The number of nitrogens with two attached hydrogens (primary N) is 6. The Kier molecular flexibility index (Phi) is 28.3. The number of hydrogen-bond acceptors (Lipinski definition) is 14. The van der Waals surface area contributed by atoms with Gasteiger partial charge in [0.05, 0.1) is 0 Å². The van der Waals surface area contributed by atoms with Gasteiger partial charge in [-0.1, -0.05) is 65.0 Å². The van der Waals surface area contributed by atoms with Crippen LogP contribution in [0.2, 0.25) is 0 Å². The summed E-state index contributed by atoms with van der Waals surface area (Å²) >= 11 is 0. The molecule has 0 aliphatic carbocycles. The van der Waals surface area contributed by atoms with Crippen LogP contribution in [0.3, 0.4) is 0 Å². The number of primary amides is 1. The van der Waals surface area contributed by atoms with E-state index in [0.29, 0.717) is 5.56 Å². The number of nitrogens with one attached hydrogen (secondary N) is 8. The Morgan fingerprint density at radius 3 is 1.03 bits per heavy atom. The second kappa shape index (κ2) is 32.0. The van der Waals surface area contributed by atoms with E-state index in [2.05, 4.69) is 42.5 Å². The van der Waals surface area contributed by atoms with Gasteiger partial charge in [0.25, 0.3) is 0 Å². The third kappa shape index (κ3) is 22.5. The van der Waals surface area contributed by atoms with Gasteiger partial charge in [-0.25, -0.2) is 0 Å². The summed E-state index contributed by atoms with van der Waals surface area (Å²) in [4.78, 5) is 120. The highest BCUT2D eigenvalue weighted by Crippen LogP contribution is 2.11. The van der Waals surface area contributed by atoms with Crippen LogP contribution in [0.1, 0.15) is 91.5 Å². The topological polar surface area (TPSA) is 406 Å². The molecule has 0 saturated carbocycles. The van der Waals surface area contributed by atoms with Crippen LogP contribution in [-0.4, -0.2) is 134 Å². The molecule has 1 aromatic carbocycles. The molecule has 20 N–H and O–H groups in total. The van der Waals surface area contributed by atoms with Gasteiger partial charge in [0.15, 0.2) is 0 Å². The van der Waals surface area contributed by atoms with Crippen LogP contribution < -0.4 is 76.9 Å². The lowest BCUT2D eigenvalue weighted by Crippen LogP contribution is -2.61. The van der Waals surface area contributed by atoms with Gasteiger partial charge in [0.2, 0.25) is 53.2 Å². The zero-order valence-corrected chi connectivity index (χ0v) is 39.7. The number of amides is 9. The fourth-order valence-corrected chi connectivity index (χ4v) is 6.86. The number of rotatable bonds is 33. The summed E-state index contributed by atoms with van der Waals surface area (Å²) in [6, 6.07) is -0.841. The van der Waals surface area contributed by atoms with E-state index in [9.17, 15) is 43.2 Å². The molecule has 0 spiro atoms. The van der Waals surface area contributed by atoms with Crippen molar-refractivity contribution in [2.75, 3.05) is 32.7 Å². The molecule has 9 amide bonds. The smallest absolute Gasteiger partial charge is 0.243 e. The van der Waals surface area contributed by atoms with E-state index < -0.39 is 101 Å². The first-order valence-electron chi connectivity index (χ1n) is 23.0. The second-order valence-electron chi connectivity index (χ2n) is 17.1. The minimum Gasteiger partial charge on any atom is -0.368 e. The zero-order chi connectivity index (χ0) is 50.6. The van der Waals surface area contributed by atoms with Crippen LogP contribution in [0.15, 0.2) is 30.3 Å². The predicted molar refractivity (Wildman–Crippen MR) is 252 cm³/mol. The normalized spacial score (nSPS) is 14.7. The summed E-state index contributed by atoms with van der Waals surface area (Å²) in [5.74, 6) is -6.53. The van der Waals surface area contributed by atoms with Gasteiger partial charge in [-0.05, 0) is 95.1 Å². The monoisotopic (exact) mass is 947 g/mol. The van der Waals surface area contributed by atoms with E-state index in [1.165, 1.54) is 0 Å². The number of carbonyl (C=O) groups is 9. The summed E-state index contributed by atoms with van der Waals surface area (Å²) < 4.78 is 0. The Labute approximate surface area is 393 Å². The highest BCUT2D eigenvalue weighted by atomic mass is 16.2. The Hall–Kier alpha value is -5.75.